The number of hydrogen-bond acceptors (Lipinski definition) is 10. The summed E-state index contributed by atoms with van der Waals surface area (Å²) < 4.78 is 31.7. The van der Waals surface area contributed by atoms with Crippen LogP contribution in [0.3, 0.4) is 0 Å². The maximum atomic E-state index is 12.1. The van der Waals surface area contributed by atoms with Gasteiger partial charge in [-0.25, -0.2) is 4.57 Å². The molecule has 54 heavy (non-hydrogen) atoms. The van der Waals surface area contributed by atoms with Gasteiger partial charge >= 0.3 is 19.8 Å². The van der Waals surface area contributed by atoms with Crippen LogP contribution in [-0.4, -0.2) is 65.7 Å². The van der Waals surface area contributed by atoms with Gasteiger partial charge in [0.15, 0.2) is 0 Å². The molecule has 0 radical (unpaired) electrons. The van der Waals surface area contributed by atoms with Crippen LogP contribution in [0, 0.1) is 0 Å². The Kier molecular flexibility index (Phi) is 41.0. The SMILES string of the molecule is CCCCC/C=C\C/C=C\CCCCCCCC(=O)OC[C@@H](O)COP(=O)(O)OC[C@H](O)COC(=O)CCCCCCC/C=C\CCCCCCCC.N. The number of carbonyl (C=O) groups is 2. The van der Waals surface area contributed by atoms with Gasteiger partial charge in [-0.3, -0.25) is 18.6 Å². The van der Waals surface area contributed by atoms with Crippen molar-refractivity contribution in [3.05, 3.63) is 36.5 Å². The number of hydrogen-bond donors (Lipinski definition) is 4. The maximum Gasteiger partial charge on any atom is 0.472 e. The van der Waals surface area contributed by atoms with Gasteiger partial charge in [0.05, 0.1) is 13.2 Å². The molecule has 0 saturated carbocycles. The van der Waals surface area contributed by atoms with Crippen LogP contribution >= 0.6 is 7.82 Å². The number of unbranched alkanes of at least 4 members (excludes halogenated alkanes) is 19. The molecule has 0 bridgehead atoms. The first kappa shape index (κ1) is 54.3. The van der Waals surface area contributed by atoms with Crippen molar-refractivity contribution in [1.82, 2.24) is 6.15 Å². The lowest BCUT2D eigenvalue weighted by atomic mass is 10.1. The summed E-state index contributed by atoms with van der Waals surface area (Å²) in [7, 11) is -4.60. The van der Waals surface area contributed by atoms with Crippen LogP contribution in [0.15, 0.2) is 36.5 Å². The third-order valence-corrected chi connectivity index (χ3v) is 9.66. The first-order valence-corrected chi connectivity index (χ1v) is 22.4. The highest BCUT2D eigenvalue weighted by Gasteiger charge is 2.25. The zero-order valence-corrected chi connectivity index (χ0v) is 35.1. The predicted molar refractivity (Wildman–Crippen MR) is 219 cm³/mol. The van der Waals surface area contributed by atoms with Gasteiger partial charge in [-0.2, -0.15) is 0 Å². The Hall–Kier alpha value is -1.85. The Balaban J connectivity index is 0. The molecule has 0 spiro atoms. The highest BCUT2D eigenvalue weighted by atomic mass is 31.2. The molecule has 11 nitrogen and oxygen atoms in total. The number of ether oxygens (including phenoxy) is 2. The van der Waals surface area contributed by atoms with Crippen LogP contribution in [0.25, 0.3) is 0 Å². The lowest BCUT2D eigenvalue weighted by Crippen LogP contribution is -2.25. The van der Waals surface area contributed by atoms with Crippen molar-refractivity contribution in [1.29, 1.82) is 0 Å². The van der Waals surface area contributed by atoms with Crippen molar-refractivity contribution in [3.63, 3.8) is 0 Å². The minimum absolute atomic E-state index is 0. The Morgan fingerprint density at radius 3 is 1.22 bits per heavy atom. The molecule has 0 amide bonds. The second-order valence-corrected chi connectivity index (χ2v) is 15.5. The average molecular weight is 790 g/mol. The van der Waals surface area contributed by atoms with Crippen molar-refractivity contribution in [2.45, 2.75) is 193 Å². The van der Waals surface area contributed by atoms with Gasteiger partial charge in [0, 0.05) is 12.8 Å². The molecule has 0 fully saturated rings. The molecule has 0 heterocycles. The smallest absolute Gasteiger partial charge is 0.463 e. The molecule has 0 aromatic heterocycles. The fraction of sp³-hybridized carbons (Fsp3) is 0.810. The van der Waals surface area contributed by atoms with Crippen molar-refractivity contribution in [2.75, 3.05) is 26.4 Å². The maximum absolute atomic E-state index is 12.1. The number of aliphatic hydroxyl groups excluding tert-OH is 2. The Morgan fingerprint density at radius 1 is 0.500 bits per heavy atom. The zero-order chi connectivity index (χ0) is 39.1. The Labute approximate surface area is 328 Å². The average Bonchev–Trinajstić information content (AvgIpc) is 3.14. The summed E-state index contributed by atoms with van der Waals surface area (Å²) in [5.74, 6) is -0.897. The molecule has 1 unspecified atom stereocenters. The number of allylic oxidation sites excluding steroid dienone is 6. The van der Waals surface area contributed by atoms with Gasteiger partial charge < -0.3 is 30.7 Å². The molecular weight excluding hydrogens is 709 g/mol. The summed E-state index contributed by atoms with van der Waals surface area (Å²) in [6.07, 6.45) is 38.4. The molecular formula is C42H80NO10P. The largest absolute Gasteiger partial charge is 0.472 e. The number of esters is 2. The summed E-state index contributed by atoms with van der Waals surface area (Å²) in [5, 5.41) is 20.0. The molecule has 3 atom stereocenters. The van der Waals surface area contributed by atoms with E-state index in [-0.39, 0.29) is 32.2 Å². The summed E-state index contributed by atoms with van der Waals surface area (Å²) in [5.41, 5.74) is 0. The van der Waals surface area contributed by atoms with E-state index in [4.69, 9.17) is 18.5 Å². The predicted octanol–water partition coefficient (Wildman–Crippen LogP) is 10.9. The van der Waals surface area contributed by atoms with Gasteiger partial charge in [-0.1, -0.05) is 134 Å². The molecule has 0 aliphatic rings. The van der Waals surface area contributed by atoms with Gasteiger partial charge in [0.25, 0.3) is 0 Å². The molecule has 6 N–H and O–H groups in total. The summed E-state index contributed by atoms with van der Waals surface area (Å²) >= 11 is 0. The lowest BCUT2D eigenvalue weighted by molar-refractivity contribution is -0.147. The van der Waals surface area contributed by atoms with E-state index in [1.165, 1.54) is 70.6 Å². The number of rotatable bonds is 39. The van der Waals surface area contributed by atoms with E-state index in [9.17, 15) is 29.3 Å². The van der Waals surface area contributed by atoms with Gasteiger partial charge in [-0.15, -0.1) is 0 Å². The quantitative estimate of drug-likeness (QED) is 0.0201. The first-order chi connectivity index (χ1) is 25.7. The normalized spacial score (nSPS) is 14.0. The molecule has 0 aromatic rings. The fourth-order valence-electron chi connectivity index (χ4n) is 5.44. The first-order valence-electron chi connectivity index (χ1n) is 20.9. The van der Waals surface area contributed by atoms with Crippen molar-refractivity contribution >= 4 is 19.8 Å². The van der Waals surface area contributed by atoms with Gasteiger partial charge in [0.2, 0.25) is 0 Å². The van der Waals surface area contributed by atoms with Crippen LogP contribution in [0.4, 0.5) is 0 Å². The van der Waals surface area contributed by atoms with Crippen LogP contribution in [0.5, 0.6) is 0 Å². The molecule has 318 valence electrons. The minimum Gasteiger partial charge on any atom is -0.463 e. The van der Waals surface area contributed by atoms with E-state index in [1.54, 1.807) is 0 Å². The van der Waals surface area contributed by atoms with Crippen molar-refractivity contribution in [3.8, 4) is 0 Å². The van der Waals surface area contributed by atoms with Crippen LogP contribution < -0.4 is 6.15 Å². The van der Waals surface area contributed by atoms with Crippen molar-refractivity contribution in [2.24, 2.45) is 0 Å². The van der Waals surface area contributed by atoms with Crippen LogP contribution in [-0.2, 0) is 32.7 Å². The molecule has 0 saturated heterocycles. The van der Waals surface area contributed by atoms with E-state index >= 15 is 0 Å². The highest BCUT2D eigenvalue weighted by Crippen LogP contribution is 2.43. The molecule has 0 aromatic carbocycles. The van der Waals surface area contributed by atoms with E-state index < -0.39 is 45.2 Å². The Bertz CT molecular complexity index is 990. The fourth-order valence-corrected chi connectivity index (χ4v) is 6.23. The zero-order valence-electron chi connectivity index (χ0n) is 34.2. The summed E-state index contributed by atoms with van der Waals surface area (Å²) in [6, 6.07) is 0. The molecule has 0 aliphatic heterocycles. The van der Waals surface area contributed by atoms with E-state index in [1.807, 2.05) is 0 Å². The molecule has 12 heteroatoms. The monoisotopic (exact) mass is 790 g/mol. The van der Waals surface area contributed by atoms with E-state index in [2.05, 4.69) is 50.3 Å². The second-order valence-electron chi connectivity index (χ2n) is 14.0. The number of phosphoric acid groups is 1. The third-order valence-electron chi connectivity index (χ3n) is 8.71. The van der Waals surface area contributed by atoms with Crippen LogP contribution in [0.2, 0.25) is 0 Å². The number of aliphatic hydroxyl groups is 2. The molecule has 0 rings (SSSR count). The topological polar surface area (TPSA) is 184 Å². The minimum atomic E-state index is -4.60. The highest BCUT2D eigenvalue weighted by molar-refractivity contribution is 7.47. The Morgan fingerprint density at radius 2 is 0.815 bits per heavy atom. The van der Waals surface area contributed by atoms with Gasteiger partial charge in [-0.05, 0) is 70.6 Å². The second kappa shape index (κ2) is 40.8. The van der Waals surface area contributed by atoms with E-state index in [0.717, 1.165) is 70.6 Å². The van der Waals surface area contributed by atoms with Crippen LogP contribution in [0.1, 0.15) is 181 Å². The summed E-state index contributed by atoms with van der Waals surface area (Å²) in [4.78, 5) is 33.8. The van der Waals surface area contributed by atoms with E-state index in [0.29, 0.717) is 12.8 Å². The molecule has 0 aliphatic carbocycles. The van der Waals surface area contributed by atoms with Gasteiger partial charge in [0.1, 0.15) is 25.4 Å². The van der Waals surface area contributed by atoms with Crippen molar-refractivity contribution < 1.29 is 47.8 Å². The number of phosphoric ester groups is 1. The third kappa shape index (κ3) is 41.3. The standard InChI is InChI=1S/C42H77O10P.H3N/c1-3-5-7-9-11-13-15-17-19-21-23-25-27-29-31-33-41(45)49-35-39(43)37-51-53(47,48)52-38-40(44)36-50-42(46)34-32-30-28-26-24-22-20-18-16-14-12-10-8-6-4-2;/h11,13,17-20,39-40,43-44H,3-10,12,14-16,21-38H2,1-2H3,(H,47,48);1H3/b13-11-,19-17-,20-18-;/t39-,40-;/m1./s1. The summed E-state index contributed by atoms with van der Waals surface area (Å²) in [6.45, 7) is 2.49. The lowest BCUT2D eigenvalue weighted by Gasteiger charge is -2.17. The number of carbonyl (C=O) groups excluding carboxylic acids is 2.